The van der Waals surface area contributed by atoms with Crippen LogP contribution in [0.25, 0.3) is 11.3 Å². The lowest BCUT2D eigenvalue weighted by atomic mass is 10.2. The second kappa shape index (κ2) is 10.6. The van der Waals surface area contributed by atoms with Gasteiger partial charge >= 0.3 is 0 Å². The van der Waals surface area contributed by atoms with Crippen LogP contribution in [0.2, 0.25) is 0 Å². The molecule has 1 N–H and O–H groups in total. The van der Waals surface area contributed by atoms with Gasteiger partial charge in [0.2, 0.25) is 5.13 Å². The van der Waals surface area contributed by atoms with E-state index < -0.39 is 0 Å². The van der Waals surface area contributed by atoms with Gasteiger partial charge in [0.05, 0.1) is 23.0 Å². The van der Waals surface area contributed by atoms with E-state index in [1.165, 1.54) is 11.3 Å². The highest BCUT2D eigenvalue weighted by Crippen LogP contribution is 2.42. The SMILES string of the molecule is C=CCOc1c(OCC)cc(C=NNc2nc(-c3ccccc3)cs2)c(Br)c1Br. The summed E-state index contributed by atoms with van der Waals surface area (Å²) in [5, 5.41) is 7.04. The number of ether oxygens (including phenoxy) is 2. The molecule has 8 heteroatoms. The fraction of sp³-hybridized carbons (Fsp3) is 0.143. The first-order valence-electron chi connectivity index (χ1n) is 8.82. The Morgan fingerprint density at radius 3 is 2.72 bits per heavy atom. The average Bonchev–Trinajstić information content (AvgIpc) is 3.21. The molecule has 3 rings (SSSR count). The van der Waals surface area contributed by atoms with E-state index in [2.05, 4.69) is 54.0 Å². The highest BCUT2D eigenvalue weighted by Gasteiger charge is 2.16. The Balaban J connectivity index is 1.78. The number of hydrazone groups is 1. The average molecular weight is 537 g/mol. The molecule has 0 saturated heterocycles. The molecule has 1 aromatic heterocycles. The van der Waals surface area contributed by atoms with Gasteiger partial charge in [-0.1, -0.05) is 43.0 Å². The van der Waals surface area contributed by atoms with Gasteiger partial charge < -0.3 is 9.47 Å². The smallest absolute Gasteiger partial charge is 0.203 e. The minimum Gasteiger partial charge on any atom is -0.490 e. The molecule has 0 amide bonds. The number of hydrogen-bond donors (Lipinski definition) is 1. The summed E-state index contributed by atoms with van der Waals surface area (Å²) in [6, 6.07) is 11.9. The predicted molar refractivity (Wildman–Crippen MR) is 127 cm³/mol. The molecule has 3 aromatic rings. The van der Waals surface area contributed by atoms with Crippen LogP contribution in [0.1, 0.15) is 12.5 Å². The first-order valence-corrected chi connectivity index (χ1v) is 11.3. The zero-order valence-corrected chi connectivity index (χ0v) is 19.7. The number of thiazole rings is 1. The Bertz CT molecular complexity index is 1010. The minimum atomic E-state index is 0.383. The molecule has 0 unspecified atom stereocenters. The number of rotatable bonds is 9. The molecule has 0 radical (unpaired) electrons. The highest BCUT2D eigenvalue weighted by molar-refractivity contribution is 9.13. The van der Waals surface area contributed by atoms with Crippen molar-refractivity contribution in [3.8, 4) is 22.8 Å². The molecule has 0 aliphatic carbocycles. The van der Waals surface area contributed by atoms with Crippen molar-refractivity contribution in [2.75, 3.05) is 18.6 Å². The van der Waals surface area contributed by atoms with Gasteiger partial charge in [-0.15, -0.1) is 11.3 Å². The summed E-state index contributed by atoms with van der Waals surface area (Å²) >= 11 is 8.66. The van der Waals surface area contributed by atoms with E-state index in [0.717, 1.165) is 25.8 Å². The Hall–Kier alpha value is -2.16. The molecule has 2 aromatic carbocycles. The number of halogens is 2. The molecule has 0 aliphatic rings. The molecule has 0 aliphatic heterocycles. The van der Waals surface area contributed by atoms with Gasteiger partial charge in [0.25, 0.3) is 0 Å². The van der Waals surface area contributed by atoms with Crippen molar-refractivity contribution in [3.63, 3.8) is 0 Å². The topological polar surface area (TPSA) is 55.7 Å². The van der Waals surface area contributed by atoms with Gasteiger partial charge in [0.15, 0.2) is 11.5 Å². The molecule has 0 fully saturated rings. The first-order chi connectivity index (χ1) is 14.1. The number of nitrogens with zero attached hydrogens (tertiary/aromatic N) is 2. The normalized spacial score (nSPS) is 10.9. The van der Waals surface area contributed by atoms with E-state index in [0.29, 0.717) is 29.8 Å². The maximum Gasteiger partial charge on any atom is 0.203 e. The molecular formula is C21H19Br2N3O2S. The summed E-state index contributed by atoms with van der Waals surface area (Å²) in [6.07, 6.45) is 3.39. The summed E-state index contributed by atoms with van der Waals surface area (Å²) in [4.78, 5) is 4.57. The fourth-order valence-electron chi connectivity index (χ4n) is 2.46. The highest BCUT2D eigenvalue weighted by atomic mass is 79.9. The largest absolute Gasteiger partial charge is 0.490 e. The maximum atomic E-state index is 5.74. The van der Waals surface area contributed by atoms with Crippen LogP contribution in [0.15, 0.2) is 68.5 Å². The lowest BCUT2D eigenvalue weighted by molar-refractivity contribution is 0.295. The van der Waals surface area contributed by atoms with Crippen molar-refractivity contribution in [3.05, 3.63) is 68.9 Å². The fourth-order valence-corrected chi connectivity index (χ4v) is 4.07. The Kier molecular flexibility index (Phi) is 7.85. The van der Waals surface area contributed by atoms with E-state index in [4.69, 9.17) is 9.47 Å². The van der Waals surface area contributed by atoms with Gasteiger partial charge in [0, 0.05) is 21.0 Å². The van der Waals surface area contributed by atoms with E-state index >= 15 is 0 Å². The van der Waals surface area contributed by atoms with E-state index in [1.807, 2.05) is 48.7 Å². The molecule has 29 heavy (non-hydrogen) atoms. The van der Waals surface area contributed by atoms with Crippen LogP contribution in [0, 0.1) is 0 Å². The van der Waals surface area contributed by atoms with E-state index in [-0.39, 0.29) is 0 Å². The van der Waals surface area contributed by atoms with Crippen LogP contribution in [0.3, 0.4) is 0 Å². The van der Waals surface area contributed by atoms with Gasteiger partial charge in [0.1, 0.15) is 6.61 Å². The molecule has 0 saturated carbocycles. The van der Waals surface area contributed by atoms with Crippen molar-refractivity contribution in [2.45, 2.75) is 6.92 Å². The van der Waals surface area contributed by atoms with Crippen LogP contribution < -0.4 is 14.9 Å². The van der Waals surface area contributed by atoms with Gasteiger partial charge in [-0.25, -0.2) is 4.98 Å². The van der Waals surface area contributed by atoms with E-state index in [1.54, 1.807) is 12.3 Å². The Morgan fingerprint density at radius 1 is 1.21 bits per heavy atom. The molecule has 0 spiro atoms. The number of benzene rings is 2. The van der Waals surface area contributed by atoms with Gasteiger partial charge in [-0.2, -0.15) is 5.10 Å². The number of nitrogens with one attached hydrogen (secondary N) is 1. The molecule has 5 nitrogen and oxygen atoms in total. The van der Waals surface area contributed by atoms with Crippen LogP contribution in [0.4, 0.5) is 5.13 Å². The third-order valence-corrected chi connectivity index (χ3v) is 6.63. The van der Waals surface area contributed by atoms with Crippen molar-refractivity contribution < 1.29 is 9.47 Å². The van der Waals surface area contributed by atoms with Crippen LogP contribution in [-0.2, 0) is 0 Å². The van der Waals surface area contributed by atoms with Crippen LogP contribution in [0.5, 0.6) is 11.5 Å². The van der Waals surface area contributed by atoms with Gasteiger partial charge in [-0.05, 0) is 44.8 Å². The third kappa shape index (κ3) is 5.46. The lowest BCUT2D eigenvalue weighted by Crippen LogP contribution is -2.02. The standard InChI is InChI=1S/C21H19Br2N3O2S/c1-3-10-28-20-17(27-4-2)11-15(18(22)19(20)23)12-24-26-21-25-16(13-29-21)14-8-6-5-7-9-14/h3,5-9,11-13H,1,4,10H2,2H3,(H,25,26). The molecule has 1 heterocycles. The zero-order chi connectivity index (χ0) is 20.6. The lowest BCUT2D eigenvalue weighted by Gasteiger charge is -2.15. The quantitative estimate of drug-likeness (QED) is 0.187. The maximum absolute atomic E-state index is 5.74. The monoisotopic (exact) mass is 535 g/mol. The van der Waals surface area contributed by atoms with E-state index in [9.17, 15) is 0 Å². The number of anilines is 1. The van der Waals surface area contributed by atoms with Gasteiger partial charge in [-0.3, -0.25) is 5.43 Å². The third-order valence-electron chi connectivity index (χ3n) is 3.74. The Labute approximate surface area is 190 Å². The number of aromatic nitrogens is 1. The summed E-state index contributed by atoms with van der Waals surface area (Å²) in [5.74, 6) is 1.25. The second-order valence-corrected chi connectivity index (χ2v) is 8.17. The molecule has 0 atom stereocenters. The number of hydrogen-bond acceptors (Lipinski definition) is 6. The zero-order valence-electron chi connectivity index (χ0n) is 15.7. The predicted octanol–water partition coefficient (Wildman–Crippen LogP) is 6.74. The summed E-state index contributed by atoms with van der Waals surface area (Å²) < 4.78 is 13.0. The van der Waals surface area contributed by atoms with Crippen molar-refractivity contribution in [2.24, 2.45) is 5.10 Å². The first kappa shape index (κ1) is 21.5. The Morgan fingerprint density at radius 2 is 2.00 bits per heavy atom. The van der Waals surface area contributed by atoms with Crippen LogP contribution >= 0.6 is 43.2 Å². The summed E-state index contributed by atoms with van der Waals surface area (Å²) in [7, 11) is 0. The van der Waals surface area contributed by atoms with Crippen molar-refractivity contribution in [1.29, 1.82) is 0 Å². The summed E-state index contributed by atoms with van der Waals surface area (Å²) in [5.41, 5.74) is 5.81. The summed E-state index contributed by atoms with van der Waals surface area (Å²) in [6.45, 7) is 6.52. The molecule has 0 bridgehead atoms. The van der Waals surface area contributed by atoms with Crippen molar-refractivity contribution >= 4 is 54.5 Å². The van der Waals surface area contributed by atoms with Crippen molar-refractivity contribution in [1.82, 2.24) is 4.98 Å². The minimum absolute atomic E-state index is 0.383. The molecular weight excluding hydrogens is 518 g/mol. The molecule has 150 valence electrons. The van der Waals surface area contributed by atoms with Crippen LogP contribution in [-0.4, -0.2) is 24.4 Å². The second-order valence-electron chi connectivity index (χ2n) is 5.73.